The Labute approximate surface area is 141 Å². The minimum atomic E-state index is -0.144. The van der Waals surface area contributed by atoms with E-state index in [1.165, 1.54) is 0 Å². The van der Waals surface area contributed by atoms with Gasteiger partial charge in [-0.05, 0) is 24.3 Å². The van der Waals surface area contributed by atoms with Crippen molar-refractivity contribution >= 4 is 17.1 Å². The molecular formula is C20H19N4+. The smallest absolute Gasteiger partial charge is 0.263 e. The first kappa shape index (κ1) is 14.5. The highest BCUT2D eigenvalue weighted by molar-refractivity contribution is 5.51. The number of azo groups is 2. The fourth-order valence-electron chi connectivity index (χ4n) is 2.83. The molecule has 0 radical (unpaired) electrons. The summed E-state index contributed by atoms with van der Waals surface area (Å²) in [6, 6.07) is 30.8. The van der Waals surface area contributed by atoms with Gasteiger partial charge in [0.05, 0.1) is 0 Å². The van der Waals surface area contributed by atoms with Crippen molar-refractivity contribution in [2.45, 2.75) is 6.29 Å². The second-order valence-corrected chi connectivity index (χ2v) is 5.68. The average molecular weight is 315 g/mol. The van der Waals surface area contributed by atoms with E-state index in [-0.39, 0.29) is 6.29 Å². The molecule has 1 heterocycles. The lowest BCUT2D eigenvalue weighted by Crippen LogP contribution is -2.36. The zero-order chi connectivity index (χ0) is 16.2. The standard InChI is InChI=1S/C20H19N4/c1-4-10-17(11-5-1)21-20-22-24(19-14-8-3-9-15-19)16-23(20)18-12-6-2-7-13-18/h1-15,20-21H,16H2/q+1. The minimum absolute atomic E-state index is 0.144. The van der Waals surface area contributed by atoms with Gasteiger partial charge in [0.1, 0.15) is 0 Å². The van der Waals surface area contributed by atoms with Gasteiger partial charge in [-0.1, -0.05) is 59.3 Å². The van der Waals surface area contributed by atoms with E-state index < -0.39 is 0 Å². The van der Waals surface area contributed by atoms with Crippen LogP contribution in [0.25, 0.3) is 0 Å². The van der Waals surface area contributed by atoms with Crippen LogP contribution in [0.2, 0.25) is 0 Å². The van der Waals surface area contributed by atoms with Gasteiger partial charge in [-0.2, -0.15) is 0 Å². The van der Waals surface area contributed by atoms with Crippen LogP contribution in [-0.2, 0) is 0 Å². The van der Waals surface area contributed by atoms with Crippen molar-refractivity contribution in [1.29, 1.82) is 0 Å². The third-order valence-electron chi connectivity index (χ3n) is 4.04. The Kier molecular flexibility index (Phi) is 3.94. The molecule has 3 aromatic carbocycles. The van der Waals surface area contributed by atoms with E-state index in [9.17, 15) is 0 Å². The molecule has 4 nitrogen and oxygen atoms in total. The highest BCUT2D eigenvalue weighted by Crippen LogP contribution is 2.26. The summed E-state index contributed by atoms with van der Waals surface area (Å²) < 4.78 is 2.04. The maximum Gasteiger partial charge on any atom is 0.263 e. The monoisotopic (exact) mass is 315 g/mol. The summed E-state index contributed by atoms with van der Waals surface area (Å²) in [6.07, 6.45) is -0.144. The number of para-hydroxylation sites is 3. The topological polar surface area (TPSA) is 30.6 Å². The molecule has 1 N–H and O–H groups in total. The van der Waals surface area contributed by atoms with Crippen LogP contribution in [0.15, 0.2) is 96.1 Å². The fraction of sp³-hybridized carbons (Fsp3) is 0.100. The van der Waals surface area contributed by atoms with E-state index in [1.54, 1.807) is 0 Å². The molecule has 4 heteroatoms. The molecule has 1 aliphatic heterocycles. The molecule has 1 unspecified atom stereocenters. The van der Waals surface area contributed by atoms with Gasteiger partial charge < -0.3 is 5.32 Å². The average Bonchev–Trinajstić information content (AvgIpc) is 3.08. The van der Waals surface area contributed by atoms with Crippen LogP contribution >= 0.6 is 0 Å². The minimum Gasteiger partial charge on any atom is -0.342 e. The highest BCUT2D eigenvalue weighted by Gasteiger charge is 2.34. The summed E-state index contributed by atoms with van der Waals surface area (Å²) in [5.74, 6) is 0. The lowest BCUT2D eigenvalue weighted by Gasteiger charge is -2.21. The van der Waals surface area contributed by atoms with Gasteiger partial charge in [-0.3, -0.25) is 4.90 Å². The Morgan fingerprint density at radius 2 is 1.38 bits per heavy atom. The van der Waals surface area contributed by atoms with Gasteiger partial charge in [-0.25, -0.2) is 0 Å². The number of anilines is 2. The zero-order valence-electron chi connectivity index (χ0n) is 13.3. The molecule has 118 valence electrons. The summed E-state index contributed by atoms with van der Waals surface area (Å²) in [5, 5.41) is 8.37. The van der Waals surface area contributed by atoms with Crippen LogP contribution in [0.1, 0.15) is 0 Å². The Balaban J connectivity index is 1.66. The molecule has 0 aromatic heterocycles. The second-order valence-electron chi connectivity index (χ2n) is 5.68. The predicted molar refractivity (Wildman–Crippen MR) is 96.4 cm³/mol. The van der Waals surface area contributed by atoms with E-state index in [4.69, 9.17) is 5.11 Å². The van der Waals surface area contributed by atoms with E-state index >= 15 is 0 Å². The van der Waals surface area contributed by atoms with Crippen LogP contribution in [0.3, 0.4) is 0 Å². The summed E-state index contributed by atoms with van der Waals surface area (Å²) in [7, 11) is 0. The van der Waals surface area contributed by atoms with E-state index in [0.717, 1.165) is 17.1 Å². The first-order chi connectivity index (χ1) is 11.9. The Bertz CT molecular complexity index is 816. The summed E-state index contributed by atoms with van der Waals surface area (Å²) in [4.78, 5) is 2.25. The van der Waals surface area contributed by atoms with Gasteiger partial charge >= 0.3 is 0 Å². The van der Waals surface area contributed by atoms with Crippen molar-refractivity contribution in [1.82, 2.24) is 0 Å². The SMILES string of the molecule is c1ccc(NC2N=[N+](c3ccccc3)CN2c2ccccc2)cc1. The number of hydrogen-bond donors (Lipinski definition) is 1. The first-order valence-corrected chi connectivity index (χ1v) is 8.07. The van der Waals surface area contributed by atoms with Gasteiger partial charge in [0.2, 0.25) is 5.69 Å². The predicted octanol–water partition coefficient (Wildman–Crippen LogP) is 4.66. The summed E-state index contributed by atoms with van der Waals surface area (Å²) >= 11 is 0. The molecule has 0 fully saturated rings. The molecule has 1 atom stereocenters. The van der Waals surface area contributed by atoms with Crippen molar-refractivity contribution < 1.29 is 4.70 Å². The third-order valence-corrected chi connectivity index (χ3v) is 4.04. The molecule has 0 aliphatic carbocycles. The van der Waals surface area contributed by atoms with Crippen molar-refractivity contribution in [3.05, 3.63) is 91.0 Å². The van der Waals surface area contributed by atoms with Crippen molar-refractivity contribution in [2.75, 3.05) is 16.9 Å². The van der Waals surface area contributed by atoms with Gasteiger partial charge in [0.15, 0.2) is 0 Å². The first-order valence-electron chi connectivity index (χ1n) is 8.07. The largest absolute Gasteiger partial charge is 0.342 e. The molecule has 4 rings (SSSR count). The normalized spacial score (nSPS) is 16.8. The van der Waals surface area contributed by atoms with Crippen molar-refractivity contribution in [3.8, 4) is 0 Å². The Morgan fingerprint density at radius 1 is 0.792 bits per heavy atom. The Morgan fingerprint density at radius 3 is 2.04 bits per heavy atom. The van der Waals surface area contributed by atoms with Gasteiger partial charge in [0, 0.05) is 28.6 Å². The molecule has 0 bridgehead atoms. The van der Waals surface area contributed by atoms with Crippen LogP contribution in [0.5, 0.6) is 0 Å². The zero-order valence-corrected chi connectivity index (χ0v) is 13.3. The number of hydrogen-bond acceptors (Lipinski definition) is 3. The lowest BCUT2D eigenvalue weighted by molar-refractivity contribution is -0.497. The van der Waals surface area contributed by atoms with Crippen LogP contribution < -0.4 is 10.2 Å². The molecule has 1 aliphatic rings. The maximum absolute atomic E-state index is 4.86. The maximum atomic E-state index is 4.86. The second kappa shape index (κ2) is 6.54. The van der Waals surface area contributed by atoms with Crippen molar-refractivity contribution in [3.63, 3.8) is 0 Å². The highest BCUT2D eigenvalue weighted by atomic mass is 15.6. The van der Waals surface area contributed by atoms with Crippen molar-refractivity contribution in [2.24, 2.45) is 5.11 Å². The molecular weight excluding hydrogens is 296 g/mol. The third kappa shape index (κ3) is 2.99. The molecule has 24 heavy (non-hydrogen) atoms. The molecule has 0 saturated heterocycles. The fourth-order valence-corrected chi connectivity index (χ4v) is 2.83. The molecule has 0 saturated carbocycles. The van der Waals surface area contributed by atoms with Gasteiger partial charge in [0.25, 0.3) is 13.0 Å². The van der Waals surface area contributed by atoms with E-state index in [2.05, 4.69) is 58.7 Å². The molecule has 0 spiro atoms. The lowest BCUT2D eigenvalue weighted by atomic mass is 10.3. The molecule has 0 amide bonds. The van der Waals surface area contributed by atoms with Crippen LogP contribution in [0.4, 0.5) is 17.1 Å². The number of rotatable bonds is 4. The van der Waals surface area contributed by atoms with E-state index in [1.807, 2.05) is 47.2 Å². The quantitative estimate of drug-likeness (QED) is 0.710. The van der Waals surface area contributed by atoms with Crippen LogP contribution in [0, 0.1) is 0 Å². The summed E-state index contributed by atoms with van der Waals surface area (Å²) in [5.41, 5.74) is 3.30. The Hall–Kier alpha value is -3.14. The number of nitrogens with one attached hydrogen (secondary N) is 1. The number of benzene rings is 3. The van der Waals surface area contributed by atoms with Gasteiger partial charge in [-0.15, -0.1) is 0 Å². The van der Waals surface area contributed by atoms with Crippen LogP contribution in [-0.4, -0.2) is 17.7 Å². The summed E-state index contributed by atoms with van der Waals surface area (Å²) in [6.45, 7) is 0.707. The number of nitrogens with zero attached hydrogens (tertiary/aromatic N) is 3. The molecule has 3 aromatic rings. The van der Waals surface area contributed by atoms with E-state index in [0.29, 0.717) is 6.67 Å².